The third kappa shape index (κ3) is 3.67. The van der Waals surface area contributed by atoms with Crippen molar-refractivity contribution in [1.29, 1.82) is 0 Å². The number of carbonyl (C=O) groups is 1. The van der Waals surface area contributed by atoms with Crippen LogP contribution in [0.15, 0.2) is 47.4 Å². The zero-order chi connectivity index (χ0) is 13.7. The molecule has 0 aliphatic rings. The number of benzene rings is 1. The summed E-state index contributed by atoms with van der Waals surface area (Å²) in [4.78, 5) is 25.3. The molecule has 0 aliphatic heterocycles. The molecule has 1 amide bonds. The number of aromatic amines is 1. The summed E-state index contributed by atoms with van der Waals surface area (Å²) in [5.74, 6) is -0.479. The summed E-state index contributed by atoms with van der Waals surface area (Å²) in [6, 6.07) is 8.37. The molecule has 0 radical (unpaired) electrons. The predicted octanol–water partition coefficient (Wildman–Crippen LogP) is 1.53. The average Bonchev–Trinajstić information content (AvgIpc) is 2.41. The number of pyridine rings is 1. The van der Waals surface area contributed by atoms with Gasteiger partial charge in [-0.15, -0.1) is 0 Å². The second kappa shape index (κ2) is 5.81. The van der Waals surface area contributed by atoms with Crippen LogP contribution in [0.1, 0.15) is 0 Å². The van der Waals surface area contributed by atoms with E-state index in [1.54, 1.807) is 6.07 Å². The van der Waals surface area contributed by atoms with Crippen molar-refractivity contribution >= 4 is 11.6 Å². The fourth-order valence-electron chi connectivity index (χ4n) is 1.39. The van der Waals surface area contributed by atoms with Gasteiger partial charge in [-0.25, -0.2) is 4.39 Å². The Hall–Kier alpha value is -2.63. The van der Waals surface area contributed by atoms with Crippen molar-refractivity contribution in [3.05, 3.63) is 58.8 Å². The molecule has 98 valence electrons. The van der Waals surface area contributed by atoms with Gasteiger partial charge in [0, 0.05) is 6.20 Å². The number of halogens is 1. The van der Waals surface area contributed by atoms with Gasteiger partial charge in [-0.3, -0.25) is 9.59 Å². The number of amides is 1. The molecule has 0 spiro atoms. The van der Waals surface area contributed by atoms with Crippen LogP contribution >= 0.6 is 0 Å². The number of ether oxygens (including phenoxy) is 1. The van der Waals surface area contributed by atoms with Crippen molar-refractivity contribution in [2.45, 2.75) is 0 Å². The topological polar surface area (TPSA) is 71.2 Å². The lowest BCUT2D eigenvalue weighted by atomic mass is 10.3. The molecular weight excluding hydrogens is 251 g/mol. The number of nitrogens with one attached hydrogen (secondary N) is 2. The first-order valence-corrected chi connectivity index (χ1v) is 5.51. The first-order valence-electron chi connectivity index (χ1n) is 5.51. The minimum atomic E-state index is -0.471. The van der Waals surface area contributed by atoms with Crippen LogP contribution in [0.4, 0.5) is 10.1 Å². The fourth-order valence-corrected chi connectivity index (χ4v) is 1.39. The number of hydrogen-bond donors (Lipinski definition) is 2. The van der Waals surface area contributed by atoms with Crippen LogP contribution in [-0.4, -0.2) is 17.5 Å². The summed E-state index contributed by atoms with van der Waals surface area (Å²) in [6.45, 7) is -0.264. The zero-order valence-corrected chi connectivity index (χ0v) is 9.85. The Balaban J connectivity index is 1.90. The fraction of sp³-hybridized carbons (Fsp3) is 0.0769. The Bertz CT molecular complexity index is 622. The van der Waals surface area contributed by atoms with Crippen molar-refractivity contribution in [1.82, 2.24) is 4.98 Å². The number of anilines is 1. The summed E-state index contributed by atoms with van der Waals surface area (Å²) in [7, 11) is 0. The second-order valence-electron chi connectivity index (χ2n) is 3.70. The molecule has 0 unspecified atom stereocenters. The quantitative estimate of drug-likeness (QED) is 0.877. The largest absolute Gasteiger partial charge is 0.484 e. The lowest BCUT2D eigenvalue weighted by Gasteiger charge is -2.06. The van der Waals surface area contributed by atoms with Crippen molar-refractivity contribution < 1.29 is 13.9 Å². The molecule has 1 aromatic carbocycles. The van der Waals surface area contributed by atoms with Gasteiger partial charge in [0.15, 0.2) is 6.61 Å². The second-order valence-corrected chi connectivity index (χ2v) is 3.70. The molecule has 1 aromatic heterocycles. The van der Waals surface area contributed by atoms with E-state index in [4.69, 9.17) is 4.74 Å². The van der Waals surface area contributed by atoms with Crippen LogP contribution < -0.4 is 15.6 Å². The summed E-state index contributed by atoms with van der Waals surface area (Å²) in [5, 5.41) is 2.41. The maximum atomic E-state index is 12.6. The van der Waals surface area contributed by atoms with Crippen LogP contribution in [0.2, 0.25) is 0 Å². The zero-order valence-electron chi connectivity index (χ0n) is 9.85. The van der Waals surface area contributed by atoms with Crippen molar-refractivity contribution in [2.75, 3.05) is 11.9 Å². The highest BCUT2D eigenvalue weighted by molar-refractivity contribution is 5.91. The highest BCUT2D eigenvalue weighted by Crippen LogP contribution is 2.10. The molecule has 0 saturated carbocycles. The maximum Gasteiger partial charge on any atom is 0.271 e. The maximum absolute atomic E-state index is 12.6. The van der Waals surface area contributed by atoms with E-state index in [9.17, 15) is 14.0 Å². The third-order valence-corrected chi connectivity index (χ3v) is 2.28. The van der Waals surface area contributed by atoms with Gasteiger partial charge in [-0.05, 0) is 36.4 Å². The molecule has 0 saturated heterocycles. The van der Waals surface area contributed by atoms with E-state index in [0.29, 0.717) is 5.75 Å². The van der Waals surface area contributed by atoms with E-state index in [-0.39, 0.29) is 18.1 Å². The lowest BCUT2D eigenvalue weighted by Crippen LogP contribution is -2.24. The molecule has 0 atom stereocenters. The van der Waals surface area contributed by atoms with E-state index in [2.05, 4.69) is 10.3 Å². The molecule has 5 nitrogen and oxygen atoms in total. The van der Waals surface area contributed by atoms with E-state index < -0.39 is 11.5 Å². The van der Waals surface area contributed by atoms with Gasteiger partial charge in [0.25, 0.3) is 11.5 Å². The predicted molar refractivity (Wildman–Crippen MR) is 67.6 cm³/mol. The van der Waals surface area contributed by atoms with Gasteiger partial charge in [-0.2, -0.15) is 0 Å². The lowest BCUT2D eigenvalue weighted by molar-refractivity contribution is -0.118. The molecular formula is C13H11FN2O3. The molecule has 6 heteroatoms. The molecule has 2 N–H and O–H groups in total. The van der Waals surface area contributed by atoms with E-state index >= 15 is 0 Å². The highest BCUT2D eigenvalue weighted by Gasteiger charge is 2.06. The van der Waals surface area contributed by atoms with Gasteiger partial charge in [0.05, 0.1) is 0 Å². The molecule has 0 bridgehead atoms. The molecule has 1 heterocycles. The van der Waals surface area contributed by atoms with Gasteiger partial charge < -0.3 is 15.0 Å². The Morgan fingerprint density at radius 3 is 2.68 bits per heavy atom. The molecule has 0 aliphatic carbocycles. The van der Waals surface area contributed by atoms with Crippen LogP contribution in [0, 0.1) is 5.82 Å². The molecule has 0 fully saturated rings. The van der Waals surface area contributed by atoms with Crippen molar-refractivity contribution in [3.63, 3.8) is 0 Å². The number of aromatic nitrogens is 1. The summed E-state index contributed by atoms with van der Waals surface area (Å²) < 4.78 is 17.8. The summed E-state index contributed by atoms with van der Waals surface area (Å²) >= 11 is 0. The summed E-state index contributed by atoms with van der Waals surface area (Å²) in [6.07, 6.45) is 1.47. The van der Waals surface area contributed by atoms with Gasteiger partial charge in [0.2, 0.25) is 0 Å². The van der Waals surface area contributed by atoms with Crippen LogP contribution in [0.25, 0.3) is 0 Å². The molecule has 19 heavy (non-hydrogen) atoms. The highest BCUT2D eigenvalue weighted by atomic mass is 19.1. The minimum absolute atomic E-state index is 0.148. The van der Waals surface area contributed by atoms with E-state index in [0.717, 1.165) is 0 Å². The van der Waals surface area contributed by atoms with Crippen molar-refractivity contribution in [2.24, 2.45) is 0 Å². The van der Waals surface area contributed by atoms with E-state index in [1.807, 2.05) is 0 Å². The van der Waals surface area contributed by atoms with Gasteiger partial charge >= 0.3 is 0 Å². The standard InChI is InChI=1S/C13H11FN2O3/c14-9-3-5-10(6-4-9)19-8-12(17)16-11-2-1-7-15-13(11)18/h1-7H,8H2,(H,15,18)(H,16,17). The number of carbonyl (C=O) groups excluding carboxylic acids is 1. The van der Waals surface area contributed by atoms with Crippen LogP contribution in [0.3, 0.4) is 0 Å². The molecule has 2 aromatic rings. The first kappa shape index (κ1) is 12.8. The summed E-state index contributed by atoms with van der Waals surface area (Å²) in [5.41, 5.74) is -0.243. The number of H-pyrrole nitrogens is 1. The van der Waals surface area contributed by atoms with Crippen molar-refractivity contribution in [3.8, 4) is 5.75 Å². The normalized spacial score (nSPS) is 9.95. The minimum Gasteiger partial charge on any atom is -0.484 e. The smallest absolute Gasteiger partial charge is 0.271 e. The number of rotatable bonds is 4. The monoisotopic (exact) mass is 262 g/mol. The molecule has 2 rings (SSSR count). The Labute approximate surface area is 108 Å². The SMILES string of the molecule is O=C(COc1ccc(F)cc1)Nc1ccc[nH]c1=O. The average molecular weight is 262 g/mol. The van der Waals surface area contributed by atoms with Crippen LogP contribution in [0.5, 0.6) is 5.75 Å². The van der Waals surface area contributed by atoms with E-state index in [1.165, 1.54) is 36.5 Å². The Kier molecular flexibility index (Phi) is 3.92. The van der Waals surface area contributed by atoms with Gasteiger partial charge in [-0.1, -0.05) is 0 Å². The van der Waals surface area contributed by atoms with Gasteiger partial charge in [0.1, 0.15) is 17.3 Å². The Morgan fingerprint density at radius 2 is 2.00 bits per heavy atom. The van der Waals surface area contributed by atoms with Crippen LogP contribution in [-0.2, 0) is 4.79 Å². The first-order chi connectivity index (χ1) is 9.15. The Morgan fingerprint density at radius 1 is 1.26 bits per heavy atom. The number of hydrogen-bond acceptors (Lipinski definition) is 3. The third-order valence-electron chi connectivity index (χ3n) is 2.28.